The molecular weight excluding hydrogens is 619 g/mol. The third-order valence-corrected chi connectivity index (χ3v) is 7.51. The lowest BCUT2D eigenvalue weighted by Crippen LogP contribution is -2.56. The second kappa shape index (κ2) is 17.2. The van der Waals surface area contributed by atoms with Gasteiger partial charge in [0.2, 0.25) is 11.8 Å². The number of likely N-dealkylation sites (tertiary alicyclic amines) is 1. The fraction of sp³-hybridized carbons (Fsp3) is 0.438. The molecule has 3 amide bonds. The molecule has 2 aromatic carbocycles. The number of hydrogen-bond acceptors (Lipinski definition) is 7. The van der Waals surface area contributed by atoms with Gasteiger partial charge < -0.3 is 35.3 Å². The number of carbonyl (C=O) groups is 3. The van der Waals surface area contributed by atoms with Crippen LogP contribution in [0.1, 0.15) is 50.8 Å². The Morgan fingerprint density at radius 3 is 2.29 bits per heavy atom. The van der Waals surface area contributed by atoms with Crippen LogP contribution in [0.4, 0.5) is 5.82 Å². The molecule has 0 saturated carbocycles. The van der Waals surface area contributed by atoms with Crippen molar-refractivity contribution in [2.75, 3.05) is 32.1 Å². The molecule has 2 heterocycles. The van der Waals surface area contributed by atoms with E-state index < -0.39 is 29.4 Å². The molecule has 1 saturated heterocycles. The van der Waals surface area contributed by atoms with Gasteiger partial charge in [0, 0.05) is 19.3 Å². The molecule has 2 atom stereocenters. The molecular formula is C32H44Cl2N6O5. The Hall–Kier alpha value is -3.64. The van der Waals surface area contributed by atoms with E-state index in [4.69, 9.17) is 15.2 Å². The van der Waals surface area contributed by atoms with Gasteiger partial charge in [-0.2, -0.15) is 0 Å². The van der Waals surface area contributed by atoms with E-state index in [9.17, 15) is 14.4 Å². The maximum Gasteiger partial charge on any atom is 0.250 e. The summed E-state index contributed by atoms with van der Waals surface area (Å²) in [6.07, 6.45) is 5.04. The Labute approximate surface area is 277 Å². The Balaban J connectivity index is 0.00000353. The second-order valence-corrected chi connectivity index (χ2v) is 11.6. The third kappa shape index (κ3) is 10.5. The zero-order chi connectivity index (χ0) is 31.0. The highest BCUT2D eigenvalue weighted by atomic mass is 35.5. The number of carbonyl (C=O) groups excluding carboxylic acids is 3. The number of methoxy groups -OCH3 is 1. The molecule has 45 heavy (non-hydrogen) atoms. The van der Waals surface area contributed by atoms with Gasteiger partial charge in [-0.15, -0.1) is 24.8 Å². The van der Waals surface area contributed by atoms with Crippen molar-refractivity contribution < 1.29 is 23.9 Å². The first-order valence-corrected chi connectivity index (χ1v) is 14.5. The summed E-state index contributed by atoms with van der Waals surface area (Å²) in [5.74, 6) is 0.433. The minimum absolute atomic E-state index is 0. The molecule has 0 spiro atoms. The Morgan fingerprint density at radius 2 is 1.69 bits per heavy atom. The molecule has 1 aliphatic rings. The number of halogens is 2. The van der Waals surface area contributed by atoms with Crippen molar-refractivity contribution in [3.05, 3.63) is 78.2 Å². The number of benzene rings is 2. The first-order chi connectivity index (χ1) is 20.5. The van der Waals surface area contributed by atoms with Crippen LogP contribution in [0.5, 0.6) is 5.75 Å². The molecule has 4 rings (SSSR count). The number of nitrogens with two attached hydrogens (primary N) is 1. The minimum atomic E-state index is -1.20. The molecule has 0 aliphatic carbocycles. The summed E-state index contributed by atoms with van der Waals surface area (Å²) in [5.41, 5.74) is 6.47. The van der Waals surface area contributed by atoms with Crippen LogP contribution in [0.25, 0.3) is 0 Å². The maximum absolute atomic E-state index is 13.8. The number of amides is 3. The highest BCUT2D eigenvalue weighted by Gasteiger charge is 2.31. The molecule has 1 fully saturated rings. The van der Waals surface area contributed by atoms with E-state index in [1.165, 1.54) is 6.33 Å². The van der Waals surface area contributed by atoms with Crippen LogP contribution in [0.15, 0.2) is 67.1 Å². The molecule has 4 N–H and O–H groups in total. The lowest BCUT2D eigenvalue weighted by atomic mass is 9.97. The highest BCUT2D eigenvalue weighted by Crippen LogP contribution is 2.27. The van der Waals surface area contributed by atoms with Crippen LogP contribution in [0, 0.1) is 5.92 Å². The largest absolute Gasteiger partial charge is 0.497 e. The molecule has 11 nitrogen and oxygen atoms in total. The summed E-state index contributed by atoms with van der Waals surface area (Å²) >= 11 is 0. The predicted molar refractivity (Wildman–Crippen MR) is 178 cm³/mol. The smallest absolute Gasteiger partial charge is 0.250 e. The van der Waals surface area contributed by atoms with Crippen molar-refractivity contribution in [1.82, 2.24) is 19.8 Å². The predicted octanol–water partition coefficient (Wildman–Crippen LogP) is 3.96. The number of ether oxygens (including phenoxy) is 2. The van der Waals surface area contributed by atoms with Gasteiger partial charge in [0.1, 0.15) is 17.8 Å². The Morgan fingerprint density at radius 1 is 1.04 bits per heavy atom. The molecule has 13 heteroatoms. The van der Waals surface area contributed by atoms with E-state index in [1.54, 1.807) is 31.7 Å². The number of piperidine rings is 1. The van der Waals surface area contributed by atoms with Crippen molar-refractivity contribution in [2.24, 2.45) is 11.7 Å². The number of hydrogen-bond donors (Lipinski definition) is 3. The number of aromatic nitrogens is 2. The summed E-state index contributed by atoms with van der Waals surface area (Å²) in [7, 11) is 1.59. The van der Waals surface area contributed by atoms with Crippen molar-refractivity contribution in [3.8, 4) is 5.75 Å². The summed E-state index contributed by atoms with van der Waals surface area (Å²) in [6, 6.07) is 15.2. The topological polar surface area (TPSA) is 141 Å². The van der Waals surface area contributed by atoms with E-state index >= 15 is 0 Å². The Kier molecular flexibility index (Phi) is 14.3. The number of imidazole rings is 1. The van der Waals surface area contributed by atoms with E-state index in [0.29, 0.717) is 24.8 Å². The van der Waals surface area contributed by atoms with Crippen LogP contribution in [-0.2, 0) is 25.7 Å². The summed E-state index contributed by atoms with van der Waals surface area (Å²) in [5, 5.41) is 5.45. The average Bonchev–Trinajstić information content (AvgIpc) is 3.45. The van der Waals surface area contributed by atoms with E-state index in [1.807, 2.05) is 59.5 Å². The zero-order valence-corrected chi connectivity index (χ0v) is 27.7. The average molecular weight is 664 g/mol. The fourth-order valence-corrected chi connectivity index (χ4v) is 4.78. The fourth-order valence-electron chi connectivity index (χ4n) is 4.78. The maximum atomic E-state index is 13.8. The molecule has 0 bridgehead atoms. The summed E-state index contributed by atoms with van der Waals surface area (Å²) in [6.45, 7) is 6.88. The highest BCUT2D eigenvalue weighted by molar-refractivity contribution is 5.98. The molecule has 3 aromatic rings. The summed E-state index contributed by atoms with van der Waals surface area (Å²) in [4.78, 5) is 46.1. The van der Waals surface area contributed by atoms with Gasteiger partial charge in [0.15, 0.2) is 5.82 Å². The monoisotopic (exact) mass is 662 g/mol. The molecule has 0 radical (unpaired) electrons. The lowest BCUT2D eigenvalue weighted by molar-refractivity contribution is -0.135. The number of anilines is 1. The quantitative estimate of drug-likeness (QED) is 0.267. The van der Waals surface area contributed by atoms with Crippen LogP contribution in [0.3, 0.4) is 0 Å². The lowest BCUT2D eigenvalue weighted by Gasteiger charge is -2.33. The van der Waals surface area contributed by atoms with E-state index in [2.05, 4.69) is 22.5 Å². The van der Waals surface area contributed by atoms with Gasteiger partial charge in [0.25, 0.3) is 5.91 Å². The Bertz CT molecular complexity index is 1370. The number of nitrogens with one attached hydrogen (secondary N) is 2. The van der Waals surface area contributed by atoms with Gasteiger partial charge in [-0.25, -0.2) is 4.98 Å². The van der Waals surface area contributed by atoms with Crippen molar-refractivity contribution >= 4 is 48.4 Å². The first-order valence-electron chi connectivity index (χ1n) is 14.5. The van der Waals surface area contributed by atoms with E-state index in [-0.39, 0.29) is 49.8 Å². The molecule has 1 aromatic heterocycles. The summed E-state index contributed by atoms with van der Waals surface area (Å²) < 4.78 is 12.8. The van der Waals surface area contributed by atoms with E-state index in [0.717, 1.165) is 24.0 Å². The molecule has 1 unspecified atom stereocenters. The van der Waals surface area contributed by atoms with Gasteiger partial charge in [0.05, 0.1) is 32.2 Å². The van der Waals surface area contributed by atoms with Crippen molar-refractivity contribution in [3.63, 3.8) is 0 Å². The van der Waals surface area contributed by atoms with Crippen LogP contribution in [0.2, 0.25) is 0 Å². The van der Waals surface area contributed by atoms with Crippen LogP contribution < -0.4 is 21.1 Å². The van der Waals surface area contributed by atoms with Gasteiger partial charge in [-0.3, -0.25) is 14.4 Å². The third-order valence-electron chi connectivity index (χ3n) is 7.51. The minimum Gasteiger partial charge on any atom is -0.497 e. The number of rotatable bonds is 12. The normalized spacial score (nSPS) is 14.7. The SMILES string of the molecule is COc1ccc(C(C(=O)N2CCC(C)CC2)n2cnc(NC(=O)[C@@H](COCc3ccccc3)NC(=O)C(C)(C)N)c2)cc1.Cl.Cl. The number of nitrogens with zero attached hydrogens (tertiary/aromatic N) is 3. The first kappa shape index (κ1) is 37.5. The van der Waals surface area contributed by atoms with Gasteiger partial charge in [-0.1, -0.05) is 49.4 Å². The van der Waals surface area contributed by atoms with Crippen LogP contribution in [-0.4, -0.2) is 70.6 Å². The van der Waals surface area contributed by atoms with Crippen molar-refractivity contribution in [2.45, 2.75) is 57.8 Å². The van der Waals surface area contributed by atoms with Crippen LogP contribution >= 0.6 is 24.8 Å². The molecule has 246 valence electrons. The zero-order valence-electron chi connectivity index (χ0n) is 26.1. The van der Waals surface area contributed by atoms with Gasteiger partial charge >= 0.3 is 0 Å². The van der Waals surface area contributed by atoms with Gasteiger partial charge in [-0.05, 0) is 55.9 Å². The standard InChI is InChI=1S/C32H42N6O5.2ClH/c1-22-14-16-37(17-15-22)30(40)28(24-10-12-25(42-4)13-11-24)38-18-27(34-21-38)36-29(39)26(35-31(41)32(2,3)33)20-43-19-23-8-6-5-7-9-23;;/h5-13,18,21-22,26,28H,14-17,19-20,33H2,1-4H3,(H,35,41)(H,36,39);2*1H/t26-,28?;;/m1../s1. The second-order valence-electron chi connectivity index (χ2n) is 11.6. The molecule has 1 aliphatic heterocycles. The van der Waals surface area contributed by atoms with Crippen molar-refractivity contribution in [1.29, 1.82) is 0 Å².